The van der Waals surface area contributed by atoms with Gasteiger partial charge in [-0.2, -0.15) is 0 Å². The van der Waals surface area contributed by atoms with E-state index in [0.717, 1.165) is 57.9 Å². The molecule has 35 heavy (non-hydrogen) atoms. The number of morpholine rings is 1. The summed E-state index contributed by atoms with van der Waals surface area (Å²) in [6, 6.07) is 9.83. The van der Waals surface area contributed by atoms with Gasteiger partial charge in [0.2, 0.25) is 0 Å². The summed E-state index contributed by atoms with van der Waals surface area (Å²) in [5.74, 6) is 0.561. The first kappa shape index (κ1) is 23.3. The summed E-state index contributed by atoms with van der Waals surface area (Å²) in [4.78, 5) is 26.2. The Balaban J connectivity index is 1.52. The minimum Gasteiger partial charge on any atom is -0.378 e. The highest BCUT2D eigenvalue weighted by Gasteiger charge is 2.18. The summed E-state index contributed by atoms with van der Waals surface area (Å²) in [5, 5.41) is 4.02. The summed E-state index contributed by atoms with van der Waals surface area (Å²) < 4.78 is 7.62. The molecule has 0 saturated carbocycles. The van der Waals surface area contributed by atoms with E-state index in [2.05, 4.69) is 59.1 Å². The van der Waals surface area contributed by atoms with Crippen molar-refractivity contribution in [3.05, 3.63) is 66.2 Å². The summed E-state index contributed by atoms with van der Waals surface area (Å²) in [6.45, 7) is 5.17. The Morgan fingerprint density at radius 2 is 1.91 bits per heavy atom. The lowest BCUT2D eigenvalue weighted by Crippen LogP contribution is -2.36. The van der Waals surface area contributed by atoms with Crippen LogP contribution < -0.4 is 20.4 Å². The largest absolute Gasteiger partial charge is 0.378 e. The molecule has 0 radical (unpaired) electrons. The molecule has 0 aliphatic carbocycles. The van der Waals surface area contributed by atoms with E-state index in [0.29, 0.717) is 18.8 Å². The maximum Gasteiger partial charge on any atom is 0.255 e. The highest BCUT2D eigenvalue weighted by atomic mass is 31.0. The molecule has 1 fully saturated rings. The Bertz CT molecular complexity index is 1390. The van der Waals surface area contributed by atoms with Crippen LogP contribution in [0.2, 0.25) is 0 Å². The van der Waals surface area contributed by atoms with Crippen molar-refractivity contribution in [2.45, 2.75) is 6.92 Å². The smallest absolute Gasteiger partial charge is 0.255 e. The van der Waals surface area contributed by atoms with Gasteiger partial charge in [-0.1, -0.05) is 0 Å². The second kappa shape index (κ2) is 9.64. The average Bonchev–Trinajstić information content (AvgIpc) is 3.34. The molecule has 1 saturated heterocycles. The summed E-state index contributed by atoms with van der Waals surface area (Å²) in [6.07, 6.45) is 7.54. The highest BCUT2D eigenvalue weighted by molar-refractivity contribution is 7.28. The van der Waals surface area contributed by atoms with Crippen molar-refractivity contribution in [1.29, 1.82) is 0 Å². The summed E-state index contributed by atoms with van der Waals surface area (Å²) in [7, 11) is 6.54. The van der Waals surface area contributed by atoms with Gasteiger partial charge in [-0.15, -0.1) is 9.24 Å². The van der Waals surface area contributed by atoms with E-state index in [1.807, 2.05) is 37.5 Å². The molecular weight excluding hydrogens is 459 g/mol. The fourth-order valence-corrected chi connectivity index (χ4v) is 4.75. The zero-order chi connectivity index (χ0) is 24.5. The number of nitrogens with one attached hydrogen (secondary N) is 1. The molecule has 3 aromatic heterocycles. The molecule has 180 valence electrons. The number of amides is 1. The standard InChI is InChI=1S/C26H29N6O2P/c1-17-12-23(35)21(29-26(33)18-4-5-27-24(14-18)30(2)3)15-20(17)19-13-22(31-8-10-34-11-9-31)25-28-6-7-32(25)16-19/h4-7,12-16H,8-11,35H2,1-3H3,(H,29,33). The van der Waals surface area contributed by atoms with Crippen LogP contribution in [-0.4, -0.2) is 60.7 Å². The fraction of sp³-hybridized carbons (Fsp3) is 0.269. The molecule has 1 aromatic carbocycles. The number of aryl methyl sites for hydroxylation is 1. The molecule has 1 unspecified atom stereocenters. The highest BCUT2D eigenvalue weighted by Crippen LogP contribution is 2.32. The van der Waals surface area contributed by atoms with Crippen LogP contribution in [0.1, 0.15) is 15.9 Å². The fourth-order valence-electron chi connectivity index (χ4n) is 4.35. The SMILES string of the molecule is Cc1cc(P)c(NC(=O)c2ccnc(N(C)C)c2)cc1-c1cc(N2CCOCC2)c2nccn2c1. The number of fused-ring (bicyclic) bond motifs is 1. The molecule has 8 nitrogen and oxygen atoms in total. The molecule has 9 heteroatoms. The third-order valence-electron chi connectivity index (χ3n) is 6.24. The van der Waals surface area contributed by atoms with Gasteiger partial charge in [0.1, 0.15) is 5.82 Å². The van der Waals surface area contributed by atoms with Crippen molar-refractivity contribution in [2.24, 2.45) is 0 Å². The lowest BCUT2D eigenvalue weighted by molar-refractivity contribution is 0.102. The van der Waals surface area contributed by atoms with Crippen LogP contribution in [0.4, 0.5) is 17.2 Å². The quantitative estimate of drug-likeness (QED) is 0.435. The first-order valence-electron chi connectivity index (χ1n) is 11.6. The lowest BCUT2D eigenvalue weighted by atomic mass is 10.00. The number of anilines is 3. The second-order valence-corrected chi connectivity index (χ2v) is 9.50. The average molecular weight is 489 g/mol. The molecule has 5 rings (SSSR count). The zero-order valence-corrected chi connectivity index (χ0v) is 21.3. The van der Waals surface area contributed by atoms with Gasteiger partial charge in [-0.25, -0.2) is 9.97 Å². The number of aromatic nitrogens is 3. The molecule has 1 N–H and O–H groups in total. The Hall–Kier alpha value is -3.48. The summed E-state index contributed by atoms with van der Waals surface area (Å²) >= 11 is 0. The molecular formula is C26H29N6O2P. The Kier molecular flexibility index (Phi) is 6.41. The number of rotatable bonds is 5. The van der Waals surface area contributed by atoms with Gasteiger partial charge in [0, 0.05) is 68.8 Å². The van der Waals surface area contributed by atoms with Crippen molar-refractivity contribution in [2.75, 3.05) is 55.5 Å². The molecule has 0 spiro atoms. The molecule has 1 aliphatic heterocycles. The van der Waals surface area contributed by atoms with Crippen molar-refractivity contribution in [3.8, 4) is 11.1 Å². The van der Waals surface area contributed by atoms with Crippen LogP contribution in [0.5, 0.6) is 0 Å². The van der Waals surface area contributed by atoms with E-state index in [1.165, 1.54) is 0 Å². The van der Waals surface area contributed by atoms with Gasteiger partial charge >= 0.3 is 0 Å². The van der Waals surface area contributed by atoms with Gasteiger partial charge in [0.25, 0.3) is 5.91 Å². The first-order chi connectivity index (χ1) is 16.9. The number of ether oxygens (including phenoxy) is 1. The van der Waals surface area contributed by atoms with Crippen LogP contribution >= 0.6 is 9.24 Å². The van der Waals surface area contributed by atoms with Gasteiger partial charge in [-0.3, -0.25) is 4.79 Å². The number of carbonyl (C=O) groups is 1. The van der Waals surface area contributed by atoms with E-state index in [1.54, 1.807) is 18.3 Å². The molecule has 4 aromatic rings. The molecule has 1 aliphatic rings. The summed E-state index contributed by atoms with van der Waals surface area (Å²) in [5.41, 5.74) is 6.57. The minimum atomic E-state index is -0.173. The van der Waals surface area contributed by atoms with Gasteiger partial charge in [0.05, 0.1) is 18.9 Å². The van der Waals surface area contributed by atoms with Crippen LogP contribution in [0.15, 0.2) is 55.1 Å². The van der Waals surface area contributed by atoms with Gasteiger partial charge < -0.3 is 24.3 Å². The van der Waals surface area contributed by atoms with E-state index in [4.69, 9.17) is 4.74 Å². The number of benzene rings is 1. The van der Waals surface area contributed by atoms with Crippen LogP contribution in [-0.2, 0) is 4.74 Å². The monoisotopic (exact) mass is 488 g/mol. The number of hydrogen-bond acceptors (Lipinski definition) is 6. The molecule has 1 amide bonds. The number of imidazole rings is 1. The lowest BCUT2D eigenvalue weighted by Gasteiger charge is -2.29. The van der Waals surface area contributed by atoms with Gasteiger partial charge in [-0.05, 0) is 53.7 Å². The van der Waals surface area contributed by atoms with Crippen molar-refractivity contribution in [3.63, 3.8) is 0 Å². The minimum absolute atomic E-state index is 0.173. The number of hydrogen-bond donors (Lipinski definition) is 1. The predicted octanol–water partition coefficient (Wildman–Crippen LogP) is 3.36. The molecule has 4 heterocycles. The number of nitrogens with zero attached hydrogens (tertiary/aromatic N) is 5. The topological polar surface area (TPSA) is 75.0 Å². The first-order valence-corrected chi connectivity index (χ1v) is 12.1. The van der Waals surface area contributed by atoms with Crippen LogP contribution in [0.25, 0.3) is 16.8 Å². The van der Waals surface area contributed by atoms with E-state index >= 15 is 0 Å². The predicted molar refractivity (Wildman–Crippen MR) is 144 cm³/mol. The Morgan fingerprint density at radius 1 is 1.11 bits per heavy atom. The van der Waals surface area contributed by atoms with Crippen LogP contribution in [0, 0.1) is 6.92 Å². The van der Waals surface area contributed by atoms with E-state index in [9.17, 15) is 4.79 Å². The van der Waals surface area contributed by atoms with Crippen LogP contribution in [0.3, 0.4) is 0 Å². The van der Waals surface area contributed by atoms with Crippen molar-refractivity contribution >= 4 is 43.3 Å². The molecule has 0 bridgehead atoms. The maximum atomic E-state index is 13.1. The van der Waals surface area contributed by atoms with E-state index in [-0.39, 0.29) is 5.91 Å². The molecule has 1 atom stereocenters. The number of pyridine rings is 2. The maximum absolute atomic E-state index is 13.1. The Morgan fingerprint density at radius 3 is 2.69 bits per heavy atom. The normalized spacial score (nSPS) is 13.8. The zero-order valence-electron chi connectivity index (χ0n) is 20.2. The van der Waals surface area contributed by atoms with Crippen molar-refractivity contribution < 1.29 is 9.53 Å². The van der Waals surface area contributed by atoms with Crippen molar-refractivity contribution in [1.82, 2.24) is 14.4 Å². The third kappa shape index (κ3) is 4.72. The van der Waals surface area contributed by atoms with E-state index < -0.39 is 0 Å². The second-order valence-electron chi connectivity index (χ2n) is 8.88. The number of carbonyl (C=O) groups excluding carboxylic acids is 1. The van der Waals surface area contributed by atoms with Gasteiger partial charge in [0.15, 0.2) is 5.65 Å². The Labute approximate surface area is 207 Å². The third-order valence-corrected chi connectivity index (χ3v) is 6.72.